The van der Waals surface area contributed by atoms with E-state index in [-0.39, 0.29) is 17.3 Å². The maximum atomic E-state index is 13.1. The number of ether oxygens (including phenoxy) is 2. The van der Waals surface area contributed by atoms with E-state index in [1.807, 2.05) is 12.1 Å². The molecular weight excluding hydrogens is 375 g/mol. The molecule has 154 valence electrons. The fraction of sp³-hybridized carbons (Fsp3) is 0.318. The van der Waals surface area contributed by atoms with Gasteiger partial charge in [0.05, 0.1) is 6.04 Å². The highest BCUT2D eigenvalue weighted by Gasteiger charge is 2.29. The lowest BCUT2D eigenvalue weighted by molar-refractivity contribution is -0.0645. The summed E-state index contributed by atoms with van der Waals surface area (Å²) in [6, 6.07) is 9.89. The molecule has 0 fully saturated rings. The quantitative estimate of drug-likeness (QED) is 0.430. The minimum absolute atomic E-state index is 0.179. The monoisotopic (exact) mass is 400 g/mol. The second-order valence-electron chi connectivity index (χ2n) is 7.99. The van der Waals surface area contributed by atoms with Crippen molar-refractivity contribution in [3.63, 3.8) is 0 Å². The van der Waals surface area contributed by atoms with Crippen LogP contribution in [0.5, 0.6) is 17.2 Å². The van der Waals surface area contributed by atoms with Crippen molar-refractivity contribution in [2.24, 2.45) is 5.73 Å². The number of hydrogen-bond acceptors (Lipinski definition) is 4. The van der Waals surface area contributed by atoms with Crippen LogP contribution in [0, 0.1) is 5.82 Å². The Hall–Kier alpha value is -3.06. The molecule has 0 spiro atoms. The summed E-state index contributed by atoms with van der Waals surface area (Å²) in [6.45, 7) is 6.22. The topological polar surface area (TPSA) is 85.0 Å². The van der Waals surface area contributed by atoms with E-state index >= 15 is 0 Å². The first-order valence-electron chi connectivity index (χ1n) is 9.34. The van der Waals surface area contributed by atoms with E-state index in [0.29, 0.717) is 28.7 Å². The van der Waals surface area contributed by atoms with Gasteiger partial charge < -0.3 is 15.2 Å². The van der Waals surface area contributed by atoms with Crippen molar-refractivity contribution in [3.05, 3.63) is 66.0 Å². The molecule has 1 aliphatic rings. The Kier molecular flexibility index (Phi) is 5.79. The fourth-order valence-corrected chi connectivity index (χ4v) is 3.16. The number of carbonyl (C=O) groups excluding carboxylic acids is 1. The molecule has 0 aromatic heterocycles. The summed E-state index contributed by atoms with van der Waals surface area (Å²) in [5, 5.41) is 10.2. The van der Waals surface area contributed by atoms with E-state index in [0.717, 1.165) is 5.56 Å². The summed E-state index contributed by atoms with van der Waals surface area (Å²) >= 11 is 0. The summed E-state index contributed by atoms with van der Waals surface area (Å²) in [6.07, 6.45) is 3.52. The van der Waals surface area contributed by atoms with Crippen LogP contribution in [0.3, 0.4) is 0 Å². The summed E-state index contributed by atoms with van der Waals surface area (Å²) in [4.78, 5) is 11.2. The lowest BCUT2D eigenvalue weighted by Gasteiger charge is -2.26. The van der Waals surface area contributed by atoms with E-state index < -0.39 is 12.1 Å². The number of primary amides is 1. The number of amides is 2. The van der Waals surface area contributed by atoms with Gasteiger partial charge in [-0.25, -0.2) is 9.18 Å². The largest absolute Gasteiger partial charge is 0.486 e. The molecule has 0 aliphatic heterocycles. The van der Waals surface area contributed by atoms with Crippen LogP contribution in [-0.2, 0) is 5.41 Å². The number of hydroxylamine groups is 2. The highest BCUT2D eigenvalue weighted by Crippen LogP contribution is 2.37. The molecule has 2 aromatic carbocycles. The number of nitrogens with two attached hydrogens (primary N) is 1. The molecule has 0 saturated carbocycles. The van der Waals surface area contributed by atoms with Crippen molar-refractivity contribution >= 4 is 6.03 Å². The van der Waals surface area contributed by atoms with Gasteiger partial charge in [-0.1, -0.05) is 32.9 Å². The number of urea groups is 1. The van der Waals surface area contributed by atoms with E-state index in [2.05, 4.69) is 20.8 Å². The van der Waals surface area contributed by atoms with E-state index in [1.165, 1.54) is 12.1 Å². The number of nitrogens with zero attached hydrogens (tertiary/aromatic N) is 1. The lowest BCUT2D eigenvalue weighted by Crippen LogP contribution is -2.40. The first kappa shape index (κ1) is 20.7. The summed E-state index contributed by atoms with van der Waals surface area (Å²) < 4.78 is 25.1. The van der Waals surface area contributed by atoms with Crippen molar-refractivity contribution < 1.29 is 23.9 Å². The highest BCUT2D eigenvalue weighted by molar-refractivity contribution is 5.71. The van der Waals surface area contributed by atoms with Gasteiger partial charge in [0.2, 0.25) is 0 Å². The number of rotatable bonds is 5. The predicted octanol–water partition coefficient (Wildman–Crippen LogP) is 4.76. The third-order valence-corrected chi connectivity index (χ3v) is 4.65. The summed E-state index contributed by atoms with van der Waals surface area (Å²) in [5.74, 6) is 1.37. The molecule has 0 unspecified atom stereocenters. The van der Waals surface area contributed by atoms with Crippen LogP contribution < -0.4 is 15.2 Å². The standard InChI is InChI=1S/C22H25FN2O4/c1-22(2,3)19-11-10-18(28-16-7-4-14(23)5-8-16)13-20(19)29-17-9-6-15(12-17)25(27)21(24)26/h4-11,13,15,17,27H,12H2,1-3H3,(H2,24,26)/t15-,17+/m1/s1. The normalized spacial score (nSPS) is 18.5. The molecular formula is C22H25FN2O4. The fourth-order valence-electron chi connectivity index (χ4n) is 3.16. The molecule has 0 radical (unpaired) electrons. The third kappa shape index (κ3) is 5.06. The summed E-state index contributed by atoms with van der Waals surface area (Å²) in [5.41, 5.74) is 5.92. The Morgan fingerprint density at radius 1 is 1.14 bits per heavy atom. The third-order valence-electron chi connectivity index (χ3n) is 4.65. The van der Waals surface area contributed by atoms with Gasteiger partial charge in [0, 0.05) is 12.5 Å². The molecule has 2 amide bonds. The second kappa shape index (κ2) is 8.13. The number of carbonyl (C=O) groups is 1. The van der Waals surface area contributed by atoms with Crippen molar-refractivity contribution in [1.82, 2.24) is 5.06 Å². The van der Waals surface area contributed by atoms with Gasteiger partial charge in [0.15, 0.2) is 0 Å². The Labute approximate surface area is 169 Å². The van der Waals surface area contributed by atoms with Crippen LogP contribution in [0.25, 0.3) is 0 Å². The number of benzene rings is 2. The molecule has 1 aliphatic carbocycles. The first-order chi connectivity index (χ1) is 13.6. The van der Waals surface area contributed by atoms with Gasteiger partial charge in [-0.3, -0.25) is 5.21 Å². The van der Waals surface area contributed by atoms with Crippen molar-refractivity contribution in [3.8, 4) is 17.2 Å². The van der Waals surface area contributed by atoms with Crippen molar-refractivity contribution in [2.75, 3.05) is 0 Å². The maximum Gasteiger partial charge on any atom is 0.339 e. The van der Waals surface area contributed by atoms with Gasteiger partial charge in [0.1, 0.15) is 29.2 Å². The lowest BCUT2D eigenvalue weighted by atomic mass is 9.86. The molecule has 0 bridgehead atoms. The van der Waals surface area contributed by atoms with E-state index in [9.17, 15) is 14.4 Å². The number of hydrogen-bond donors (Lipinski definition) is 2. The van der Waals surface area contributed by atoms with Gasteiger partial charge in [0.25, 0.3) is 0 Å². The average Bonchev–Trinajstić information content (AvgIpc) is 3.10. The van der Waals surface area contributed by atoms with Gasteiger partial charge in [-0.2, -0.15) is 5.06 Å². The van der Waals surface area contributed by atoms with Gasteiger partial charge in [-0.05, 0) is 47.4 Å². The smallest absolute Gasteiger partial charge is 0.339 e. The van der Waals surface area contributed by atoms with Crippen molar-refractivity contribution in [1.29, 1.82) is 0 Å². The molecule has 3 rings (SSSR count). The van der Waals surface area contributed by atoms with E-state index in [1.54, 1.807) is 30.4 Å². The maximum absolute atomic E-state index is 13.1. The highest BCUT2D eigenvalue weighted by atomic mass is 19.1. The molecule has 3 N–H and O–H groups in total. The Morgan fingerprint density at radius 3 is 2.41 bits per heavy atom. The average molecular weight is 400 g/mol. The molecule has 0 saturated heterocycles. The van der Waals surface area contributed by atoms with Gasteiger partial charge >= 0.3 is 6.03 Å². The zero-order valence-corrected chi connectivity index (χ0v) is 16.6. The van der Waals surface area contributed by atoms with Crippen LogP contribution in [0.1, 0.15) is 32.8 Å². The number of halogens is 1. The van der Waals surface area contributed by atoms with Crippen LogP contribution in [0.2, 0.25) is 0 Å². The molecule has 0 heterocycles. The predicted molar refractivity (Wildman–Crippen MR) is 107 cm³/mol. The molecule has 2 atom stereocenters. The van der Waals surface area contributed by atoms with Crippen molar-refractivity contribution in [2.45, 2.75) is 44.8 Å². The Balaban J connectivity index is 1.81. The minimum Gasteiger partial charge on any atom is -0.486 e. The van der Waals surface area contributed by atoms with Crippen LogP contribution in [-0.4, -0.2) is 28.4 Å². The zero-order chi connectivity index (χ0) is 21.2. The molecule has 7 heteroatoms. The Bertz CT molecular complexity index is 906. The zero-order valence-electron chi connectivity index (χ0n) is 16.6. The second-order valence-corrected chi connectivity index (χ2v) is 7.99. The first-order valence-corrected chi connectivity index (χ1v) is 9.34. The molecule has 29 heavy (non-hydrogen) atoms. The van der Waals surface area contributed by atoms with Crippen LogP contribution in [0.4, 0.5) is 9.18 Å². The van der Waals surface area contributed by atoms with Gasteiger partial charge in [-0.15, -0.1) is 0 Å². The molecule has 6 nitrogen and oxygen atoms in total. The minimum atomic E-state index is -0.912. The molecule has 2 aromatic rings. The SMILES string of the molecule is CC(C)(C)c1ccc(Oc2ccc(F)cc2)cc1O[C@H]1C=C[C@@H](N(O)C(N)=O)C1. The Morgan fingerprint density at radius 2 is 1.79 bits per heavy atom. The summed E-state index contributed by atoms with van der Waals surface area (Å²) in [7, 11) is 0. The van der Waals surface area contributed by atoms with Crippen LogP contribution >= 0.6 is 0 Å². The van der Waals surface area contributed by atoms with E-state index in [4.69, 9.17) is 15.2 Å². The van der Waals surface area contributed by atoms with Crippen LogP contribution in [0.15, 0.2) is 54.6 Å².